The van der Waals surface area contributed by atoms with Gasteiger partial charge in [0.25, 0.3) is 0 Å². The average Bonchev–Trinajstić information content (AvgIpc) is 2.39. The quantitative estimate of drug-likeness (QED) is 0.739. The number of benzene rings is 1. The van der Waals surface area contributed by atoms with Crippen LogP contribution in [-0.4, -0.2) is 22.8 Å². The summed E-state index contributed by atoms with van der Waals surface area (Å²) in [5, 5.41) is 3.31. The Morgan fingerprint density at radius 2 is 2.00 bits per heavy atom. The molecule has 2 unspecified atom stereocenters. The van der Waals surface area contributed by atoms with Crippen LogP contribution >= 0.6 is 0 Å². The highest BCUT2D eigenvalue weighted by atomic mass is 32.2. The van der Waals surface area contributed by atoms with Gasteiger partial charge in [-0.15, -0.1) is 0 Å². The standard InChI is InChI=1S/C16H27NOS/c1-5-6-7-10-19(18)12-16(17-4)15-11-13(2)8-9-14(15)3/h8-9,11,16-17H,5-7,10,12H2,1-4H3. The molecule has 1 aromatic carbocycles. The highest BCUT2D eigenvalue weighted by Gasteiger charge is 2.15. The highest BCUT2D eigenvalue weighted by molar-refractivity contribution is 7.85. The monoisotopic (exact) mass is 281 g/mol. The van der Waals surface area contributed by atoms with Crippen LogP contribution in [0.1, 0.15) is 48.9 Å². The van der Waals surface area contributed by atoms with E-state index in [0.717, 1.165) is 12.2 Å². The van der Waals surface area contributed by atoms with Crippen molar-refractivity contribution < 1.29 is 4.21 Å². The lowest BCUT2D eigenvalue weighted by Crippen LogP contribution is -2.24. The van der Waals surface area contributed by atoms with Crippen molar-refractivity contribution in [2.75, 3.05) is 18.6 Å². The predicted molar refractivity (Wildman–Crippen MR) is 85.1 cm³/mol. The van der Waals surface area contributed by atoms with Gasteiger partial charge < -0.3 is 5.32 Å². The molecule has 0 aromatic heterocycles. The molecule has 2 atom stereocenters. The second-order valence-electron chi connectivity index (χ2n) is 5.22. The summed E-state index contributed by atoms with van der Waals surface area (Å²) < 4.78 is 12.1. The third kappa shape index (κ3) is 5.45. The van der Waals surface area contributed by atoms with Gasteiger partial charge in [-0.2, -0.15) is 0 Å². The van der Waals surface area contributed by atoms with E-state index < -0.39 is 10.8 Å². The maximum Gasteiger partial charge on any atom is 0.0437 e. The van der Waals surface area contributed by atoms with Gasteiger partial charge in [-0.3, -0.25) is 4.21 Å². The maximum absolute atomic E-state index is 12.1. The van der Waals surface area contributed by atoms with Crippen LogP contribution in [0.15, 0.2) is 18.2 Å². The summed E-state index contributed by atoms with van der Waals surface area (Å²) in [6, 6.07) is 6.68. The lowest BCUT2D eigenvalue weighted by molar-refractivity contribution is 0.630. The number of unbranched alkanes of at least 4 members (excludes halogenated alkanes) is 2. The molecule has 0 amide bonds. The topological polar surface area (TPSA) is 29.1 Å². The van der Waals surface area contributed by atoms with E-state index in [1.165, 1.54) is 29.5 Å². The second-order valence-corrected chi connectivity index (χ2v) is 6.84. The molecule has 1 aromatic rings. The second kappa shape index (κ2) is 8.49. The molecule has 0 saturated heterocycles. The Labute approximate surface area is 120 Å². The van der Waals surface area contributed by atoms with Crippen molar-refractivity contribution in [1.29, 1.82) is 0 Å². The smallest absolute Gasteiger partial charge is 0.0437 e. The maximum atomic E-state index is 12.1. The minimum atomic E-state index is -0.729. The number of rotatable bonds is 8. The van der Waals surface area contributed by atoms with E-state index in [9.17, 15) is 4.21 Å². The fraction of sp³-hybridized carbons (Fsp3) is 0.625. The minimum absolute atomic E-state index is 0.197. The van der Waals surface area contributed by atoms with Crippen LogP contribution in [0.4, 0.5) is 0 Å². The molecule has 0 heterocycles. The SMILES string of the molecule is CCCCCS(=O)CC(NC)c1cc(C)ccc1C. The van der Waals surface area contributed by atoms with E-state index in [2.05, 4.69) is 44.3 Å². The van der Waals surface area contributed by atoms with Crippen LogP contribution in [0.25, 0.3) is 0 Å². The van der Waals surface area contributed by atoms with Crippen molar-refractivity contribution >= 4 is 10.8 Å². The lowest BCUT2D eigenvalue weighted by atomic mass is 10.0. The Bertz CT molecular complexity index is 417. The molecule has 108 valence electrons. The molecule has 0 aliphatic heterocycles. The van der Waals surface area contributed by atoms with Crippen LogP contribution in [0.3, 0.4) is 0 Å². The first-order valence-electron chi connectivity index (χ1n) is 7.17. The molecule has 0 aliphatic rings. The zero-order valence-corrected chi connectivity index (χ0v) is 13.5. The number of nitrogens with one attached hydrogen (secondary N) is 1. The van der Waals surface area contributed by atoms with Gasteiger partial charge in [0.2, 0.25) is 0 Å². The lowest BCUT2D eigenvalue weighted by Gasteiger charge is -2.19. The highest BCUT2D eigenvalue weighted by Crippen LogP contribution is 2.20. The first kappa shape index (κ1) is 16.4. The van der Waals surface area contributed by atoms with E-state index in [4.69, 9.17) is 0 Å². The fourth-order valence-electron chi connectivity index (χ4n) is 2.25. The Morgan fingerprint density at radius 3 is 2.63 bits per heavy atom. The molecule has 1 rings (SSSR count). The molecule has 0 spiro atoms. The third-order valence-electron chi connectivity index (χ3n) is 3.49. The summed E-state index contributed by atoms with van der Waals surface area (Å²) in [7, 11) is 1.22. The van der Waals surface area contributed by atoms with Gasteiger partial charge in [-0.25, -0.2) is 0 Å². The van der Waals surface area contributed by atoms with Gasteiger partial charge >= 0.3 is 0 Å². The predicted octanol–water partition coefficient (Wildman–Crippen LogP) is 3.50. The minimum Gasteiger partial charge on any atom is -0.312 e. The molecule has 0 fully saturated rings. The molecule has 3 heteroatoms. The summed E-state index contributed by atoms with van der Waals surface area (Å²) in [5.74, 6) is 1.54. The molecular formula is C16H27NOS. The number of hydrogen-bond acceptors (Lipinski definition) is 2. The van der Waals surface area contributed by atoms with Crippen LogP contribution in [-0.2, 0) is 10.8 Å². The van der Waals surface area contributed by atoms with Crippen molar-refractivity contribution in [1.82, 2.24) is 5.32 Å². The van der Waals surface area contributed by atoms with Crippen molar-refractivity contribution in [3.8, 4) is 0 Å². The molecular weight excluding hydrogens is 254 g/mol. The van der Waals surface area contributed by atoms with Gasteiger partial charge in [0, 0.05) is 28.3 Å². The zero-order chi connectivity index (χ0) is 14.3. The Morgan fingerprint density at radius 1 is 1.26 bits per heavy atom. The molecule has 2 nitrogen and oxygen atoms in total. The van der Waals surface area contributed by atoms with Crippen LogP contribution in [0, 0.1) is 13.8 Å². The van der Waals surface area contributed by atoms with Crippen LogP contribution in [0.5, 0.6) is 0 Å². The van der Waals surface area contributed by atoms with Crippen molar-refractivity contribution in [3.05, 3.63) is 34.9 Å². The Kier molecular flexibility index (Phi) is 7.32. The summed E-state index contributed by atoms with van der Waals surface area (Å²) in [4.78, 5) is 0. The number of hydrogen-bond donors (Lipinski definition) is 1. The molecule has 0 aliphatic carbocycles. The molecule has 19 heavy (non-hydrogen) atoms. The van der Waals surface area contributed by atoms with Crippen LogP contribution < -0.4 is 5.32 Å². The largest absolute Gasteiger partial charge is 0.312 e. The average molecular weight is 281 g/mol. The van der Waals surface area contributed by atoms with Crippen molar-refractivity contribution in [3.63, 3.8) is 0 Å². The van der Waals surface area contributed by atoms with Gasteiger partial charge in [0.05, 0.1) is 0 Å². The van der Waals surface area contributed by atoms with E-state index in [0.29, 0.717) is 5.75 Å². The summed E-state index contributed by atoms with van der Waals surface area (Å²) >= 11 is 0. The van der Waals surface area contributed by atoms with Gasteiger partial charge in [-0.05, 0) is 38.4 Å². The first-order chi connectivity index (χ1) is 9.08. The fourth-order valence-corrected chi connectivity index (χ4v) is 3.66. The molecule has 1 N–H and O–H groups in total. The normalized spacial score (nSPS) is 14.3. The molecule has 0 bridgehead atoms. The summed E-state index contributed by atoms with van der Waals surface area (Å²) in [6.45, 7) is 6.41. The first-order valence-corrected chi connectivity index (χ1v) is 8.66. The third-order valence-corrected chi connectivity index (χ3v) is 4.94. The number of aryl methyl sites for hydroxylation is 2. The van der Waals surface area contributed by atoms with Gasteiger partial charge in [0.15, 0.2) is 0 Å². The van der Waals surface area contributed by atoms with Crippen molar-refractivity contribution in [2.24, 2.45) is 0 Å². The molecule has 0 saturated carbocycles. The summed E-state index contributed by atoms with van der Waals surface area (Å²) in [6.07, 6.45) is 3.44. The van der Waals surface area contributed by atoms with Crippen LogP contribution in [0.2, 0.25) is 0 Å². The van der Waals surface area contributed by atoms with E-state index in [1.807, 2.05) is 7.05 Å². The van der Waals surface area contributed by atoms with Crippen molar-refractivity contribution in [2.45, 2.75) is 46.1 Å². The van der Waals surface area contributed by atoms with E-state index in [-0.39, 0.29) is 6.04 Å². The molecule has 0 radical (unpaired) electrons. The van der Waals surface area contributed by atoms with E-state index in [1.54, 1.807) is 0 Å². The van der Waals surface area contributed by atoms with Gasteiger partial charge in [0.1, 0.15) is 0 Å². The summed E-state index contributed by atoms with van der Waals surface area (Å²) in [5.41, 5.74) is 3.82. The Balaban J connectivity index is 2.67. The zero-order valence-electron chi connectivity index (χ0n) is 12.7. The van der Waals surface area contributed by atoms with Gasteiger partial charge in [-0.1, -0.05) is 43.5 Å². The Hall–Kier alpha value is -0.670. The van der Waals surface area contributed by atoms with E-state index >= 15 is 0 Å².